The molecule has 1 aliphatic rings. The Kier molecular flexibility index (Phi) is 4.51. The van der Waals surface area contributed by atoms with E-state index in [1.807, 2.05) is 36.9 Å². The minimum atomic E-state index is -0.0903. The fourth-order valence-electron chi connectivity index (χ4n) is 3.50. The first-order valence-electron chi connectivity index (χ1n) is 8.45. The number of fused-ring (bicyclic) bond motifs is 1. The van der Waals surface area contributed by atoms with Crippen molar-refractivity contribution in [1.29, 1.82) is 0 Å². The Morgan fingerprint density at radius 1 is 1.04 bits per heavy atom. The van der Waals surface area contributed by atoms with Crippen molar-refractivity contribution in [3.05, 3.63) is 45.7 Å². The molecule has 1 amide bonds. The topological polar surface area (TPSA) is 42.3 Å². The first-order valence-corrected chi connectivity index (χ1v) is 8.45. The molecule has 1 aromatic carbocycles. The van der Waals surface area contributed by atoms with Gasteiger partial charge in [0.15, 0.2) is 0 Å². The zero-order valence-electron chi connectivity index (χ0n) is 14.0. The molecule has 0 spiro atoms. The normalized spacial score (nSPS) is 15.7. The van der Waals surface area contributed by atoms with Crippen molar-refractivity contribution in [2.75, 3.05) is 13.1 Å². The van der Waals surface area contributed by atoms with E-state index in [0.29, 0.717) is 0 Å². The van der Waals surface area contributed by atoms with E-state index < -0.39 is 0 Å². The molecular formula is C19H24N2O2. The second-order valence-corrected chi connectivity index (χ2v) is 6.52. The average molecular weight is 312 g/mol. The number of nitrogens with zero attached hydrogens (tertiary/aromatic N) is 2. The molecule has 3 rings (SSSR count). The summed E-state index contributed by atoms with van der Waals surface area (Å²) in [6.45, 7) is 5.71. The number of para-hydroxylation sites is 1. The van der Waals surface area contributed by atoms with Crippen molar-refractivity contribution in [3.8, 4) is 0 Å². The fraction of sp³-hybridized carbons (Fsp3) is 0.474. The number of amides is 1. The van der Waals surface area contributed by atoms with E-state index in [2.05, 4.69) is 0 Å². The van der Waals surface area contributed by atoms with Crippen LogP contribution in [0.5, 0.6) is 0 Å². The lowest BCUT2D eigenvalue weighted by Crippen LogP contribution is -2.37. The number of carbonyl (C=O) groups excluding carboxylic acids is 1. The Labute approximate surface area is 136 Å². The van der Waals surface area contributed by atoms with Gasteiger partial charge in [-0.15, -0.1) is 0 Å². The second kappa shape index (κ2) is 6.57. The van der Waals surface area contributed by atoms with Crippen molar-refractivity contribution in [3.63, 3.8) is 0 Å². The van der Waals surface area contributed by atoms with Crippen molar-refractivity contribution in [2.45, 2.75) is 46.1 Å². The van der Waals surface area contributed by atoms with E-state index in [1.54, 1.807) is 10.6 Å². The summed E-state index contributed by atoms with van der Waals surface area (Å²) >= 11 is 0. The van der Waals surface area contributed by atoms with Crippen LogP contribution in [0.15, 0.2) is 29.1 Å². The number of aryl methyl sites for hydroxylation is 2. The lowest BCUT2D eigenvalue weighted by molar-refractivity contribution is -0.131. The predicted octanol–water partition coefficient (Wildman–Crippen LogP) is 3.02. The van der Waals surface area contributed by atoms with Crippen LogP contribution in [0.4, 0.5) is 0 Å². The third-order valence-electron chi connectivity index (χ3n) is 4.79. The van der Waals surface area contributed by atoms with Crippen LogP contribution in [0.2, 0.25) is 0 Å². The maximum atomic E-state index is 12.7. The first-order chi connectivity index (χ1) is 11.1. The summed E-state index contributed by atoms with van der Waals surface area (Å²) in [5.74, 6) is 0.0578. The monoisotopic (exact) mass is 312 g/mol. The smallest absolute Gasteiger partial charge is 0.251 e. The van der Waals surface area contributed by atoms with Gasteiger partial charge in [-0.1, -0.05) is 31.0 Å². The summed E-state index contributed by atoms with van der Waals surface area (Å²) in [7, 11) is 0. The molecule has 1 aliphatic heterocycles. The van der Waals surface area contributed by atoms with Crippen LogP contribution < -0.4 is 5.56 Å². The van der Waals surface area contributed by atoms with Gasteiger partial charge in [-0.05, 0) is 37.8 Å². The lowest BCUT2D eigenvalue weighted by atomic mass is 10.1. The largest absolute Gasteiger partial charge is 0.341 e. The highest BCUT2D eigenvalue weighted by Gasteiger charge is 2.18. The van der Waals surface area contributed by atoms with Gasteiger partial charge in [-0.25, -0.2) is 0 Å². The number of rotatable bonds is 2. The van der Waals surface area contributed by atoms with Gasteiger partial charge < -0.3 is 4.90 Å². The molecule has 0 radical (unpaired) electrons. The highest BCUT2D eigenvalue weighted by molar-refractivity contribution is 5.87. The summed E-state index contributed by atoms with van der Waals surface area (Å²) in [4.78, 5) is 27.1. The lowest BCUT2D eigenvalue weighted by Gasteiger charge is -2.22. The molecule has 0 bridgehead atoms. The van der Waals surface area contributed by atoms with Gasteiger partial charge in [0, 0.05) is 24.5 Å². The first kappa shape index (κ1) is 15.8. The Balaban J connectivity index is 1.99. The van der Waals surface area contributed by atoms with Crippen LogP contribution in [0.3, 0.4) is 0 Å². The number of hydrogen-bond acceptors (Lipinski definition) is 2. The Morgan fingerprint density at radius 3 is 2.43 bits per heavy atom. The quantitative estimate of drug-likeness (QED) is 0.855. The standard InChI is InChI=1S/C19H24N2O2/c1-14-8-7-9-16-15(2)12-17(22)21(19(14)16)13-18(23)20-10-5-3-4-6-11-20/h7-9,12H,3-6,10-11,13H2,1-2H3. The zero-order chi connectivity index (χ0) is 16.4. The number of aromatic nitrogens is 1. The molecule has 0 N–H and O–H groups in total. The van der Waals surface area contributed by atoms with Crippen molar-refractivity contribution in [2.24, 2.45) is 0 Å². The summed E-state index contributed by atoms with van der Waals surface area (Å²) in [5.41, 5.74) is 2.80. The highest BCUT2D eigenvalue weighted by atomic mass is 16.2. The van der Waals surface area contributed by atoms with E-state index in [9.17, 15) is 9.59 Å². The average Bonchev–Trinajstić information content (AvgIpc) is 2.80. The van der Waals surface area contributed by atoms with Gasteiger partial charge in [0.25, 0.3) is 5.56 Å². The molecule has 0 unspecified atom stereocenters. The summed E-state index contributed by atoms with van der Waals surface area (Å²) in [6.07, 6.45) is 4.51. The van der Waals surface area contributed by atoms with E-state index >= 15 is 0 Å². The number of pyridine rings is 1. The van der Waals surface area contributed by atoms with Crippen molar-refractivity contribution in [1.82, 2.24) is 9.47 Å². The zero-order valence-corrected chi connectivity index (χ0v) is 14.0. The van der Waals surface area contributed by atoms with Crippen LogP contribution in [0.25, 0.3) is 10.9 Å². The van der Waals surface area contributed by atoms with Crippen LogP contribution in [-0.4, -0.2) is 28.5 Å². The molecule has 1 aromatic heterocycles. The van der Waals surface area contributed by atoms with Gasteiger partial charge >= 0.3 is 0 Å². The predicted molar refractivity (Wildman–Crippen MR) is 92.7 cm³/mol. The maximum Gasteiger partial charge on any atom is 0.251 e. The molecule has 0 atom stereocenters. The molecule has 4 nitrogen and oxygen atoms in total. The van der Waals surface area contributed by atoms with Crippen molar-refractivity contribution < 1.29 is 4.79 Å². The van der Waals surface area contributed by atoms with Crippen LogP contribution in [0, 0.1) is 13.8 Å². The molecule has 2 heterocycles. The third-order valence-corrected chi connectivity index (χ3v) is 4.79. The highest BCUT2D eigenvalue weighted by Crippen LogP contribution is 2.20. The Hall–Kier alpha value is -2.10. The van der Waals surface area contributed by atoms with Gasteiger partial charge in [-0.3, -0.25) is 14.2 Å². The summed E-state index contributed by atoms with van der Waals surface area (Å²) in [5, 5.41) is 1.05. The minimum Gasteiger partial charge on any atom is -0.341 e. The Bertz CT molecular complexity index is 784. The van der Waals surface area contributed by atoms with Crippen LogP contribution >= 0.6 is 0 Å². The van der Waals surface area contributed by atoms with E-state index in [-0.39, 0.29) is 18.0 Å². The van der Waals surface area contributed by atoms with Crippen LogP contribution in [-0.2, 0) is 11.3 Å². The molecule has 2 aromatic rings. The molecular weight excluding hydrogens is 288 g/mol. The summed E-state index contributed by atoms with van der Waals surface area (Å²) in [6, 6.07) is 7.64. The molecule has 1 fully saturated rings. The third kappa shape index (κ3) is 3.16. The fourth-order valence-corrected chi connectivity index (χ4v) is 3.50. The number of likely N-dealkylation sites (tertiary alicyclic amines) is 1. The molecule has 23 heavy (non-hydrogen) atoms. The number of hydrogen-bond donors (Lipinski definition) is 0. The minimum absolute atomic E-state index is 0.0578. The molecule has 4 heteroatoms. The molecule has 0 aliphatic carbocycles. The Morgan fingerprint density at radius 2 is 1.74 bits per heavy atom. The molecule has 1 saturated heterocycles. The second-order valence-electron chi connectivity index (χ2n) is 6.52. The van der Waals surface area contributed by atoms with Gasteiger partial charge in [0.2, 0.25) is 5.91 Å². The van der Waals surface area contributed by atoms with Gasteiger partial charge in [0.05, 0.1) is 5.52 Å². The molecule has 122 valence electrons. The number of benzene rings is 1. The van der Waals surface area contributed by atoms with E-state index in [1.165, 1.54) is 12.8 Å². The maximum absolute atomic E-state index is 12.7. The van der Waals surface area contributed by atoms with Gasteiger partial charge in [0.1, 0.15) is 6.54 Å². The van der Waals surface area contributed by atoms with Crippen LogP contribution in [0.1, 0.15) is 36.8 Å². The van der Waals surface area contributed by atoms with E-state index in [0.717, 1.165) is 48.0 Å². The summed E-state index contributed by atoms with van der Waals surface area (Å²) < 4.78 is 1.64. The SMILES string of the molecule is Cc1cc(=O)n(CC(=O)N2CCCCCC2)c2c(C)cccc12. The van der Waals surface area contributed by atoms with E-state index in [4.69, 9.17) is 0 Å². The van der Waals surface area contributed by atoms with Gasteiger partial charge in [-0.2, -0.15) is 0 Å². The number of carbonyl (C=O) groups is 1. The molecule has 0 saturated carbocycles. The van der Waals surface area contributed by atoms with Crippen molar-refractivity contribution >= 4 is 16.8 Å².